The lowest BCUT2D eigenvalue weighted by Gasteiger charge is -2.15. The van der Waals surface area contributed by atoms with Crippen LogP contribution in [0, 0.1) is 0 Å². The lowest BCUT2D eigenvalue weighted by Crippen LogP contribution is -2.14. The third-order valence-electron chi connectivity index (χ3n) is 3.67. The molecule has 2 heteroatoms. The molecule has 0 saturated carbocycles. The van der Waals surface area contributed by atoms with Crippen molar-refractivity contribution in [2.75, 3.05) is 0 Å². The Kier molecular flexibility index (Phi) is 15.4. The van der Waals surface area contributed by atoms with Gasteiger partial charge in [0.2, 0.25) is 0 Å². The van der Waals surface area contributed by atoms with Crippen LogP contribution in [0.5, 0.6) is 0 Å². The van der Waals surface area contributed by atoms with Crippen molar-refractivity contribution in [3.63, 3.8) is 0 Å². The second-order valence-corrected chi connectivity index (χ2v) is 6.97. The Labute approximate surface area is 118 Å². The smallest absolute Gasteiger partial charge is 0.161 e. The van der Waals surface area contributed by atoms with Crippen LogP contribution in [0.3, 0.4) is 0 Å². The van der Waals surface area contributed by atoms with E-state index in [0.29, 0.717) is 6.10 Å². The molecule has 0 amide bonds. The molecule has 0 rings (SSSR count). The summed E-state index contributed by atoms with van der Waals surface area (Å²) in [4.78, 5) is 0. The standard InChI is InChI=1S/C16H36OSi/c1-4-7-8-9-10-11-12-13-15-18-17-16(6-3)14-5-2/h16H,4-15,18H2,1-3H3. The van der Waals surface area contributed by atoms with E-state index in [2.05, 4.69) is 20.8 Å². The number of unbranched alkanes of at least 4 members (excludes halogenated alkanes) is 7. The molecular weight excluding hydrogens is 236 g/mol. The van der Waals surface area contributed by atoms with Crippen LogP contribution >= 0.6 is 0 Å². The summed E-state index contributed by atoms with van der Waals surface area (Å²) in [6.45, 7) is 6.80. The number of rotatable bonds is 14. The van der Waals surface area contributed by atoms with E-state index >= 15 is 0 Å². The van der Waals surface area contributed by atoms with Crippen molar-refractivity contribution < 1.29 is 4.43 Å². The molecule has 0 aromatic heterocycles. The molecule has 1 atom stereocenters. The van der Waals surface area contributed by atoms with Crippen LogP contribution in [0.4, 0.5) is 0 Å². The molecule has 0 N–H and O–H groups in total. The van der Waals surface area contributed by atoms with Gasteiger partial charge in [0.15, 0.2) is 9.76 Å². The maximum absolute atomic E-state index is 6.03. The third-order valence-corrected chi connectivity index (χ3v) is 5.16. The monoisotopic (exact) mass is 272 g/mol. The summed E-state index contributed by atoms with van der Waals surface area (Å²) in [6.07, 6.45) is 15.8. The summed E-state index contributed by atoms with van der Waals surface area (Å²) < 4.78 is 6.03. The zero-order valence-electron chi connectivity index (χ0n) is 13.2. The van der Waals surface area contributed by atoms with Gasteiger partial charge in [-0.25, -0.2) is 0 Å². The minimum absolute atomic E-state index is 0.215. The van der Waals surface area contributed by atoms with Crippen LogP contribution < -0.4 is 0 Å². The highest BCUT2D eigenvalue weighted by Gasteiger charge is 2.03. The van der Waals surface area contributed by atoms with E-state index in [-0.39, 0.29) is 9.76 Å². The average Bonchev–Trinajstić information content (AvgIpc) is 2.39. The van der Waals surface area contributed by atoms with E-state index in [1.165, 1.54) is 76.7 Å². The van der Waals surface area contributed by atoms with Crippen molar-refractivity contribution in [3.8, 4) is 0 Å². The molecule has 0 aliphatic rings. The van der Waals surface area contributed by atoms with Gasteiger partial charge < -0.3 is 4.43 Å². The first-order chi connectivity index (χ1) is 8.85. The predicted octanol–water partition coefficient (Wildman–Crippen LogP) is 5.22. The van der Waals surface area contributed by atoms with E-state index in [9.17, 15) is 0 Å². The molecule has 18 heavy (non-hydrogen) atoms. The zero-order chi connectivity index (χ0) is 13.5. The quantitative estimate of drug-likeness (QED) is 0.311. The Hall–Kier alpha value is 0.177. The van der Waals surface area contributed by atoms with Crippen molar-refractivity contribution in [2.45, 2.75) is 104 Å². The summed E-state index contributed by atoms with van der Waals surface area (Å²) in [7, 11) is -0.215. The van der Waals surface area contributed by atoms with E-state index in [1.54, 1.807) is 0 Å². The third kappa shape index (κ3) is 12.6. The van der Waals surface area contributed by atoms with E-state index in [1.807, 2.05) is 0 Å². The van der Waals surface area contributed by atoms with Crippen LogP contribution in [-0.4, -0.2) is 15.9 Å². The van der Waals surface area contributed by atoms with Gasteiger partial charge in [0, 0.05) is 6.10 Å². The van der Waals surface area contributed by atoms with Gasteiger partial charge in [-0.2, -0.15) is 0 Å². The molecule has 1 unspecified atom stereocenters. The fourth-order valence-corrected chi connectivity index (χ4v) is 3.85. The van der Waals surface area contributed by atoms with E-state index in [4.69, 9.17) is 4.43 Å². The SMILES string of the molecule is CCCCCCCCCC[SiH2]OC(CC)CCC. The first-order valence-corrected chi connectivity index (χ1v) is 10.0. The van der Waals surface area contributed by atoms with Gasteiger partial charge in [0.1, 0.15) is 0 Å². The van der Waals surface area contributed by atoms with Gasteiger partial charge in [0.05, 0.1) is 0 Å². The second kappa shape index (κ2) is 15.2. The topological polar surface area (TPSA) is 9.23 Å². The fourth-order valence-electron chi connectivity index (χ4n) is 2.39. The van der Waals surface area contributed by atoms with E-state index < -0.39 is 0 Å². The molecule has 0 fully saturated rings. The Morgan fingerprint density at radius 3 is 1.94 bits per heavy atom. The summed E-state index contributed by atoms with van der Waals surface area (Å²) >= 11 is 0. The Morgan fingerprint density at radius 2 is 1.39 bits per heavy atom. The highest BCUT2D eigenvalue weighted by Crippen LogP contribution is 2.11. The highest BCUT2D eigenvalue weighted by atomic mass is 28.2. The molecule has 0 aromatic carbocycles. The molecule has 0 aromatic rings. The van der Waals surface area contributed by atoms with Crippen molar-refractivity contribution in [3.05, 3.63) is 0 Å². The molecule has 0 aliphatic carbocycles. The van der Waals surface area contributed by atoms with Crippen LogP contribution in [0.15, 0.2) is 0 Å². The molecule has 0 saturated heterocycles. The van der Waals surface area contributed by atoms with Crippen LogP contribution in [-0.2, 0) is 4.43 Å². The zero-order valence-corrected chi connectivity index (χ0v) is 14.6. The Bertz CT molecular complexity index is 150. The molecule has 0 spiro atoms. The molecular formula is C16H36OSi. The van der Waals surface area contributed by atoms with Crippen molar-refractivity contribution in [1.29, 1.82) is 0 Å². The number of hydrogen-bond acceptors (Lipinski definition) is 1. The second-order valence-electron chi connectivity index (χ2n) is 5.52. The van der Waals surface area contributed by atoms with Crippen molar-refractivity contribution in [2.24, 2.45) is 0 Å². The van der Waals surface area contributed by atoms with Gasteiger partial charge in [-0.3, -0.25) is 0 Å². The molecule has 110 valence electrons. The largest absolute Gasteiger partial charge is 0.421 e. The Morgan fingerprint density at radius 1 is 0.778 bits per heavy atom. The predicted molar refractivity (Wildman–Crippen MR) is 86.0 cm³/mol. The molecule has 0 bridgehead atoms. The Balaban J connectivity index is 3.10. The summed E-state index contributed by atoms with van der Waals surface area (Å²) in [6, 6.07) is 1.40. The van der Waals surface area contributed by atoms with Crippen LogP contribution in [0.2, 0.25) is 6.04 Å². The van der Waals surface area contributed by atoms with Gasteiger partial charge in [-0.05, 0) is 18.9 Å². The molecule has 0 aliphatic heterocycles. The number of hydrogen-bond donors (Lipinski definition) is 0. The lowest BCUT2D eigenvalue weighted by atomic mass is 10.1. The lowest BCUT2D eigenvalue weighted by molar-refractivity contribution is 0.194. The van der Waals surface area contributed by atoms with Crippen molar-refractivity contribution in [1.82, 2.24) is 0 Å². The average molecular weight is 273 g/mol. The molecule has 0 radical (unpaired) electrons. The summed E-state index contributed by atoms with van der Waals surface area (Å²) in [5, 5.41) is 0. The van der Waals surface area contributed by atoms with Crippen molar-refractivity contribution >= 4 is 9.76 Å². The summed E-state index contributed by atoms with van der Waals surface area (Å²) in [5.74, 6) is 0. The van der Waals surface area contributed by atoms with Gasteiger partial charge in [0.25, 0.3) is 0 Å². The maximum atomic E-state index is 6.03. The van der Waals surface area contributed by atoms with Crippen LogP contribution in [0.25, 0.3) is 0 Å². The van der Waals surface area contributed by atoms with Crippen LogP contribution in [0.1, 0.15) is 91.4 Å². The van der Waals surface area contributed by atoms with Gasteiger partial charge in [-0.1, -0.05) is 78.6 Å². The maximum Gasteiger partial charge on any atom is 0.161 e. The summed E-state index contributed by atoms with van der Waals surface area (Å²) in [5.41, 5.74) is 0. The highest BCUT2D eigenvalue weighted by molar-refractivity contribution is 6.27. The molecule has 1 nitrogen and oxygen atoms in total. The van der Waals surface area contributed by atoms with Gasteiger partial charge >= 0.3 is 0 Å². The minimum atomic E-state index is -0.215. The first kappa shape index (κ1) is 18.2. The first-order valence-electron chi connectivity index (χ1n) is 8.46. The normalized spacial score (nSPS) is 13.5. The van der Waals surface area contributed by atoms with E-state index in [0.717, 1.165) is 0 Å². The minimum Gasteiger partial charge on any atom is -0.421 e. The molecule has 0 heterocycles. The van der Waals surface area contributed by atoms with Gasteiger partial charge in [-0.15, -0.1) is 0 Å². The fraction of sp³-hybridized carbons (Fsp3) is 1.00.